The van der Waals surface area contributed by atoms with Crippen molar-refractivity contribution < 1.29 is 38.6 Å². The molecule has 2 aliphatic rings. The van der Waals surface area contributed by atoms with Crippen LogP contribution in [0.2, 0.25) is 0 Å². The summed E-state index contributed by atoms with van der Waals surface area (Å²) in [5.41, 5.74) is -1.15. The van der Waals surface area contributed by atoms with E-state index >= 15 is 0 Å². The minimum absolute atomic E-state index is 0.215. The first kappa shape index (κ1) is 30.5. The maximum absolute atomic E-state index is 12.2. The molecule has 2 heterocycles. The molecule has 2 aliphatic heterocycles. The third-order valence-electron chi connectivity index (χ3n) is 5.42. The van der Waals surface area contributed by atoms with Gasteiger partial charge in [-0.3, -0.25) is 19.4 Å². The normalized spacial score (nSPS) is 20.8. The van der Waals surface area contributed by atoms with E-state index in [0.29, 0.717) is 25.9 Å². The highest BCUT2D eigenvalue weighted by molar-refractivity contribution is 5.85. The van der Waals surface area contributed by atoms with Crippen molar-refractivity contribution in [3.63, 3.8) is 0 Å². The molecule has 2 saturated heterocycles. The molecule has 2 atom stereocenters. The highest BCUT2D eigenvalue weighted by atomic mass is 16.7. The maximum atomic E-state index is 12.2. The quantitative estimate of drug-likeness (QED) is 0.581. The van der Waals surface area contributed by atoms with E-state index in [1.54, 1.807) is 27.8 Å². The van der Waals surface area contributed by atoms with E-state index in [-0.39, 0.29) is 5.91 Å². The zero-order valence-electron chi connectivity index (χ0n) is 22.5. The van der Waals surface area contributed by atoms with Gasteiger partial charge in [0, 0.05) is 20.1 Å². The zero-order valence-corrected chi connectivity index (χ0v) is 22.5. The Morgan fingerprint density at radius 2 is 1.17 bits per heavy atom. The number of hydrogen-bond donors (Lipinski definition) is 1. The van der Waals surface area contributed by atoms with Gasteiger partial charge >= 0.3 is 18.2 Å². The summed E-state index contributed by atoms with van der Waals surface area (Å²) in [4.78, 5) is 54.8. The fourth-order valence-electron chi connectivity index (χ4n) is 3.75. The van der Waals surface area contributed by atoms with Crippen LogP contribution in [0.5, 0.6) is 0 Å². The molecule has 0 saturated carbocycles. The fourth-order valence-corrected chi connectivity index (χ4v) is 3.75. The molecule has 0 spiro atoms. The molecule has 2 fully saturated rings. The Balaban J connectivity index is 0.000000355. The molecular formula is C24H43N3O8. The van der Waals surface area contributed by atoms with Crippen LogP contribution in [0.25, 0.3) is 0 Å². The molecule has 0 radical (unpaired) electrons. The number of hydroxylamine groups is 2. The average molecular weight is 502 g/mol. The molecule has 11 heteroatoms. The van der Waals surface area contributed by atoms with Crippen molar-refractivity contribution in [2.75, 3.05) is 27.2 Å². The second-order valence-electron chi connectivity index (χ2n) is 10.7. The van der Waals surface area contributed by atoms with Gasteiger partial charge < -0.3 is 14.6 Å². The predicted octanol–water partition coefficient (Wildman–Crippen LogP) is 3.66. The molecule has 0 bridgehead atoms. The lowest BCUT2D eigenvalue weighted by molar-refractivity contribution is -0.175. The molecule has 2 rings (SSSR count). The van der Waals surface area contributed by atoms with Crippen LogP contribution in [0, 0.1) is 0 Å². The first-order valence-electron chi connectivity index (χ1n) is 12.1. The first-order chi connectivity index (χ1) is 16.1. The second kappa shape index (κ2) is 12.9. The third-order valence-corrected chi connectivity index (χ3v) is 5.42. The number of piperidine rings is 2. The number of aliphatic carboxylic acids is 1. The number of hydrogen-bond acceptors (Lipinski definition) is 7. The number of amides is 3. The summed E-state index contributed by atoms with van der Waals surface area (Å²) in [6.45, 7) is 11.8. The Morgan fingerprint density at radius 1 is 0.771 bits per heavy atom. The van der Waals surface area contributed by atoms with Gasteiger partial charge in [0.15, 0.2) is 0 Å². The monoisotopic (exact) mass is 501 g/mol. The minimum atomic E-state index is -0.953. The van der Waals surface area contributed by atoms with Crippen LogP contribution in [0.4, 0.5) is 9.59 Å². The van der Waals surface area contributed by atoms with Crippen LogP contribution in [-0.4, -0.2) is 94.6 Å². The SMILES string of the molecule is CC(C)(C)OC(=O)N1CCCC[C@H]1C(=O)O.CON(C)C(=O)[C@@H]1CCCCN1C(=O)OC(C)(C)C. The number of carboxylic acid groups (broad SMARTS) is 1. The summed E-state index contributed by atoms with van der Waals surface area (Å²) >= 11 is 0. The lowest BCUT2D eigenvalue weighted by Gasteiger charge is -2.36. The summed E-state index contributed by atoms with van der Waals surface area (Å²) < 4.78 is 10.5. The van der Waals surface area contributed by atoms with Crippen molar-refractivity contribution in [3.8, 4) is 0 Å². The van der Waals surface area contributed by atoms with Gasteiger partial charge in [0.25, 0.3) is 5.91 Å². The Kier molecular flexibility index (Phi) is 11.3. The van der Waals surface area contributed by atoms with Crippen LogP contribution in [0.15, 0.2) is 0 Å². The number of carbonyl (C=O) groups is 4. The molecule has 11 nitrogen and oxygen atoms in total. The number of carbonyl (C=O) groups excluding carboxylic acids is 3. The van der Waals surface area contributed by atoms with Gasteiger partial charge in [0.2, 0.25) is 0 Å². The first-order valence-corrected chi connectivity index (χ1v) is 12.1. The van der Waals surface area contributed by atoms with E-state index in [1.165, 1.54) is 16.9 Å². The number of nitrogens with zero attached hydrogens (tertiary/aromatic N) is 3. The second-order valence-corrected chi connectivity index (χ2v) is 10.7. The van der Waals surface area contributed by atoms with Gasteiger partial charge in [0.1, 0.15) is 23.3 Å². The highest BCUT2D eigenvalue weighted by Gasteiger charge is 2.37. The summed E-state index contributed by atoms with van der Waals surface area (Å²) in [5.74, 6) is -1.17. The molecule has 35 heavy (non-hydrogen) atoms. The average Bonchev–Trinajstić information content (AvgIpc) is 2.76. The standard InChI is InChI=1S/C13H24N2O4.C11H19NO4/c1-13(2,3)19-12(17)15-9-7-6-8-10(15)11(16)14(4)18-5;1-11(2,3)16-10(15)12-7-5-4-6-8(12)9(13)14/h10H,6-9H2,1-5H3;8H,4-7H2,1-3H3,(H,13,14)/t10-;8-/m00/s1. The van der Waals surface area contributed by atoms with Crippen LogP contribution >= 0.6 is 0 Å². The molecular weight excluding hydrogens is 458 g/mol. The Bertz CT molecular complexity index is 744. The van der Waals surface area contributed by atoms with E-state index in [4.69, 9.17) is 19.4 Å². The topological polar surface area (TPSA) is 126 Å². The van der Waals surface area contributed by atoms with Gasteiger partial charge in [-0.1, -0.05) is 0 Å². The Labute approximate surface area is 208 Å². The Hall–Kier alpha value is -2.56. The van der Waals surface area contributed by atoms with Crippen molar-refractivity contribution >= 4 is 24.1 Å². The smallest absolute Gasteiger partial charge is 0.411 e. The van der Waals surface area contributed by atoms with Gasteiger partial charge in [-0.05, 0) is 80.1 Å². The van der Waals surface area contributed by atoms with E-state index in [0.717, 1.165) is 30.7 Å². The van der Waals surface area contributed by atoms with Gasteiger partial charge in [0.05, 0.1) is 7.11 Å². The van der Waals surface area contributed by atoms with Crippen molar-refractivity contribution in [1.82, 2.24) is 14.9 Å². The van der Waals surface area contributed by atoms with E-state index < -0.39 is 41.4 Å². The number of likely N-dealkylation sites (tertiary alicyclic amines) is 2. The minimum Gasteiger partial charge on any atom is -0.480 e. The van der Waals surface area contributed by atoms with Crippen LogP contribution in [0.1, 0.15) is 80.1 Å². The third kappa shape index (κ3) is 10.3. The van der Waals surface area contributed by atoms with Gasteiger partial charge in [-0.25, -0.2) is 19.4 Å². The number of carboxylic acids is 1. The number of rotatable bonds is 3. The number of likely N-dealkylation sites (N-methyl/N-ethyl adjacent to an activating group) is 1. The molecule has 3 amide bonds. The molecule has 0 aromatic carbocycles. The maximum Gasteiger partial charge on any atom is 0.411 e. The summed E-state index contributed by atoms with van der Waals surface area (Å²) in [7, 11) is 2.97. The van der Waals surface area contributed by atoms with Crippen molar-refractivity contribution in [2.24, 2.45) is 0 Å². The molecule has 202 valence electrons. The van der Waals surface area contributed by atoms with Gasteiger partial charge in [-0.15, -0.1) is 0 Å². The molecule has 0 unspecified atom stereocenters. The van der Waals surface area contributed by atoms with Crippen LogP contribution in [-0.2, 0) is 23.9 Å². The van der Waals surface area contributed by atoms with E-state index in [1.807, 2.05) is 20.8 Å². The highest BCUT2D eigenvalue weighted by Crippen LogP contribution is 2.22. The fraction of sp³-hybridized carbons (Fsp3) is 0.833. The molecule has 1 N–H and O–H groups in total. The van der Waals surface area contributed by atoms with Crippen molar-refractivity contribution in [2.45, 2.75) is 103 Å². The van der Waals surface area contributed by atoms with E-state index in [9.17, 15) is 19.2 Å². The molecule has 0 aromatic heterocycles. The lowest BCUT2D eigenvalue weighted by Crippen LogP contribution is -2.53. The predicted molar refractivity (Wildman–Crippen MR) is 129 cm³/mol. The van der Waals surface area contributed by atoms with Crippen LogP contribution < -0.4 is 0 Å². The molecule has 0 aliphatic carbocycles. The van der Waals surface area contributed by atoms with Crippen LogP contribution in [0.3, 0.4) is 0 Å². The Morgan fingerprint density at radius 3 is 1.54 bits per heavy atom. The number of ether oxygens (including phenoxy) is 2. The lowest BCUT2D eigenvalue weighted by atomic mass is 10.0. The largest absolute Gasteiger partial charge is 0.480 e. The van der Waals surface area contributed by atoms with Crippen molar-refractivity contribution in [3.05, 3.63) is 0 Å². The van der Waals surface area contributed by atoms with Crippen molar-refractivity contribution in [1.29, 1.82) is 0 Å². The summed E-state index contributed by atoms with van der Waals surface area (Å²) in [6, 6.07) is -1.22. The summed E-state index contributed by atoms with van der Waals surface area (Å²) in [5, 5.41) is 10.2. The van der Waals surface area contributed by atoms with Gasteiger partial charge in [-0.2, -0.15) is 0 Å². The van der Waals surface area contributed by atoms with E-state index in [2.05, 4.69) is 0 Å². The summed E-state index contributed by atoms with van der Waals surface area (Å²) in [6.07, 6.45) is 3.68. The molecule has 0 aromatic rings. The zero-order chi connectivity index (χ0) is 27.0.